The van der Waals surface area contributed by atoms with Gasteiger partial charge in [0.1, 0.15) is 24.1 Å². The highest BCUT2D eigenvalue weighted by atomic mass is 16.5. The lowest BCUT2D eigenvalue weighted by Gasteiger charge is -2.43. The molecule has 2 aromatic rings. The Morgan fingerprint density at radius 1 is 1.12 bits per heavy atom. The quantitative estimate of drug-likeness (QED) is 0.393. The van der Waals surface area contributed by atoms with Crippen LogP contribution in [0.25, 0.3) is 0 Å². The highest BCUT2D eigenvalue weighted by Crippen LogP contribution is 2.40. The Labute approximate surface area is 255 Å². The number of anilines is 4. The summed E-state index contributed by atoms with van der Waals surface area (Å²) in [5.74, 6) is 1.69. The highest BCUT2D eigenvalue weighted by Gasteiger charge is 2.41. The van der Waals surface area contributed by atoms with Gasteiger partial charge >= 0.3 is 0 Å². The van der Waals surface area contributed by atoms with Gasteiger partial charge in [-0.3, -0.25) is 9.59 Å². The molecule has 11 nitrogen and oxygen atoms in total. The maximum Gasteiger partial charge on any atom is 0.251 e. The standard InChI is InChI=1S/C32H47N7O4/c1-6-24(42-5)20-43-28-18-21(30(40)34-22-14-16-37(3)17-15-22)12-13-25(28)35-32-33-19-27-29(36-32)39(23-10-8-9-11-23)26(7-2)31(41)38(27)4/h12-13,18-19,22-24,26H,6-11,14-17,20H2,1-5H3,(H,34,40)(H,33,35,36). The number of hydrogen-bond donors (Lipinski definition) is 2. The SMILES string of the molecule is CCC(COc1cc(C(=O)NC2CCN(C)CC2)ccc1Nc1ncc2c(n1)N(C1CCCC1)C(CC)C(=O)N2C)OC. The number of ether oxygens (including phenoxy) is 2. The first kappa shape index (κ1) is 31.0. The molecule has 1 aliphatic carbocycles. The van der Waals surface area contributed by atoms with Gasteiger partial charge in [-0.05, 0) is 76.9 Å². The average Bonchev–Trinajstić information content (AvgIpc) is 3.55. The van der Waals surface area contributed by atoms with Crippen molar-refractivity contribution in [1.82, 2.24) is 20.2 Å². The summed E-state index contributed by atoms with van der Waals surface area (Å²) in [6, 6.07) is 5.62. The molecule has 0 bridgehead atoms. The number of benzene rings is 1. The molecule has 2 fully saturated rings. The molecule has 1 saturated heterocycles. The second-order valence-corrected chi connectivity index (χ2v) is 12.0. The van der Waals surface area contributed by atoms with E-state index in [1.807, 2.05) is 13.0 Å². The molecule has 5 rings (SSSR count). The Morgan fingerprint density at radius 2 is 1.86 bits per heavy atom. The van der Waals surface area contributed by atoms with Gasteiger partial charge in [0.25, 0.3) is 5.91 Å². The molecular formula is C32H47N7O4. The van der Waals surface area contributed by atoms with Crippen LogP contribution in [0.3, 0.4) is 0 Å². The third-order valence-corrected chi connectivity index (χ3v) is 9.17. The van der Waals surface area contributed by atoms with Crippen LogP contribution in [0.5, 0.6) is 5.75 Å². The van der Waals surface area contributed by atoms with Crippen molar-refractivity contribution in [2.75, 3.05) is 56.0 Å². The largest absolute Gasteiger partial charge is 0.489 e. The van der Waals surface area contributed by atoms with E-state index in [9.17, 15) is 9.59 Å². The number of methoxy groups -OCH3 is 1. The number of amides is 2. The van der Waals surface area contributed by atoms with Crippen LogP contribution in [-0.4, -0.2) is 91.8 Å². The van der Waals surface area contributed by atoms with Crippen LogP contribution in [0.1, 0.15) is 75.6 Å². The van der Waals surface area contributed by atoms with E-state index in [2.05, 4.69) is 39.4 Å². The first-order chi connectivity index (χ1) is 20.8. The fourth-order valence-corrected chi connectivity index (χ4v) is 6.41. The lowest BCUT2D eigenvalue weighted by molar-refractivity contribution is -0.120. The zero-order chi connectivity index (χ0) is 30.5. The van der Waals surface area contributed by atoms with Crippen molar-refractivity contribution in [3.8, 4) is 5.75 Å². The predicted molar refractivity (Wildman–Crippen MR) is 169 cm³/mol. The number of hydrogen-bond acceptors (Lipinski definition) is 9. The van der Waals surface area contributed by atoms with Crippen molar-refractivity contribution in [2.24, 2.45) is 0 Å². The fourth-order valence-electron chi connectivity index (χ4n) is 6.41. The minimum atomic E-state index is -0.246. The van der Waals surface area contributed by atoms with Gasteiger partial charge in [-0.25, -0.2) is 4.98 Å². The van der Waals surface area contributed by atoms with E-state index >= 15 is 0 Å². The highest BCUT2D eigenvalue weighted by molar-refractivity contribution is 6.04. The number of fused-ring (bicyclic) bond motifs is 1. The number of aromatic nitrogens is 2. The monoisotopic (exact) mass is 593 g/mol. The van der Waals surface area contributed by atoms with Gasteiger partial charge in [0.15, 0.2) is 5.82 Å². The number of nitrogens with one attached hydrogen (secondary N) is 2. The molecule has 43 heavy (non-hydrogen) atoms. The van der Waals surface area contributed by atoms with E-state index in [0.29, 0.717) is 36.0 Å². The molecule has 2 amide bonds. The molecule has 0 spiro atoms. The van der Waals surface area contributed by atoms with E-state index in [4.69, 9.17) is 14.5 Å². The zero-order valence-corrected chi connectivity index (χ0v) is 26.3. The summed E-state index contributed by atoms with van der Waals surface area (Å²) in [6.45, 7) is 6.39. The first-order valence-corrected chi connectivity index (χ1v) is 15.8. The molecule has 2 atom stereocenters. The van der Waals surface area contributed by atoms with Crippen LogP contribution in [0, 0.1) is 0 Å². The molecule has 2 unspecified atom stereocenters. The summed E-state index contributed by atoms with van der Waals surface area (Å²) < 4.78 is 11.8. The minimum absolute atomic E-state index is 0.0800. The van der Waals surface area contributed by atoms with Gasteiger partial charge in [-0.1, -0.05) is 26.7 Å². The number of nitrogens with zero attached hydrogens (tertiary/aromatic N) is 5. The Morgan fingerprint density at radius 3 is 2.53 bits per heavy atom. The first-order valence-electron chi connectivity index (χ1n) is 15.8. The minimum Gasteiger partial charge on any atom is -0.489 e. The van der Waals surface area contributed by atoms with Crippen molar-refractivity contribution in [1.29, 1.82) is 0 Å². The van der Waals surface area contributed by atoms with Crippen molar-refractivity contribution >= 4 is 35.0 Å². The van der Waals surface area contributed by atoms with E-state index in [-0.39, 0.29) is 36.0 Å². The van der Waals surface area contributed by atoms with Crippen molar-refractivity contribution in [2.45, 2.75) is 89.4 Å². The lowest BCUT2D eigenvalue weighted by atomic mass is 10.0. The normalized spacial score (nSPS) is 20.7. The number of rotatable bonds is 11. The van der Waals surface area contributed by atoms with E-state index in [1.54, 1.807) is 37.4 Å². The van der Waals surface area contributed by atoms with E-state index in [0.717, 1.165) is 69.5 Å². The van der Waals surface area contributed by atoms with Crippen LogP contribution in [-0.2, 0) is 9.53 Å². The molecule has 0 radical (unpaired) electrons. The summed E-state index contributed by atoms with van der Waals surface area (Å²) in [4.78, 5) is 42.2. The van der Waals surface area contributed by atoms with Crippen molar-refractivity contribution in [3.05, 3.63) is 30.0 Å². The van der Waals surface area contributed by atoms with E-state index in [1.165, 1.54) is 0 Å². The fraction of sp³-hybridized carbons (Fsp3) is 0.625. The lowest BCUT2D eigenvalue weighted by Crippen LogP contribution is -2.55. The topological polar surface area (TPSA) is 112 Å². The van der Waals surface area contributed by atoms with Gasteiger partial charge in [-0.2, -0.15) is 4.98 Å². The molecule has 1 saturated carbocycles. The summed E-state index contributed by atoms with van der Waals surface area (Å²) in [5, 5.41) is 6.54. The molecule has 2 N–H and O–H groups in total. The molecule has 1 aromatic heterocycles. The summed E-state index contributed by atoms with van der Waals surface area (Å²) in [6.07, 6.45) is 9.44. The van der Waals surface area contributed by atoms with Gasteiger partial charge in [0, 0.05) is 31.8 Å². The van der Waals surface area contributed by atoms with Crippen molar-refractivity contribution in [3.63, 3.8) is 0 Å². The molecule has 3 aliphatic rings. The van der Waals surface area contributed by atoms with Gasteiger partial charge in [-0.15, -0.1) is 0 Å². The number of likely N-dealkylation sites (N-methyl/N-ethyl adjacent to an activating group) is 1. The van der Waals surface area contributed by atoms with Crippen LogP contribution >= 0.6 is 0 Å². The van der Waals surface area contributed by atoms with Crippen LogP contribution in [0.15, 0.2) is 24.4 Å². The average molecular weight is 594 g/mol. The molecular weight excluding hydrogens is 546 g/mol. The zero-order valence-electron chi connectivity index (χ0n) is 26.3. The molecule has 11 heteroatoms. The number of carbonyl (C=O) groups excluding carboxylic acids is 2. The summed E-state index contributed by atoms with van der Waals surface area (Å²) in [5.41, 5.74) is 1.91. The molecule has 1 aromatic carbocycles. The summed E-state index contributed by atoms with van der Waals surface area (Å²) >= 11 is 0. The Bertz CT molecular complexity index is 1270. The summed E-state index contributed by atoms with van der Waals surface area (Å²) in [7, 11) is 5.58. The van der Waals surface area contributed by atoms with Crippen LogP contribution < -0.4 is 25.2 Å². The third kappa shape index (κ3) is 6.88. The Balaban J connectivity index is 1.42. The smallest absolute Gasteiger partial charge is 0.251 e. The number of carbonyl (C=O) groups is 2. The second-order valence-electron chi connectivity index (χ2n) is 12.0. The molecule has 3 heterocycles. The van der Waals surface area contributed by atoms with Gasteiger partial charge in [0.2, 0.25) is 11.9 Å². The van der Waals surface area contributed by atoms with Gasteiger partial charge in [0.05, 0.1) is 18.0 Å². The van der Waals surface area contributed by atoms with E-state index < -0.39 is 0 Å². The van der Waals surface area contributed by atoms with Crippen molar-refractivity contribution < 1.29 is 19.1 Å². The number of piperidine rings is 1. The maximum absolute atomic E-state index is 13.3. The van der Waals surface area contributed by atoms with Gasteiger partial charge < -0.3 is 34.8 Å². The predicted octanol–water partition coefficient (Wildman–Crippen LogP) is 4.35. The number of likely N-dealkylation sites (tertiary alicyclic amines) is 1. The van der Waals surface area contributed by atoms with Crippen LogP contribution in [0.4, 0.5) is 23.1 Å². The van der Waals surface area contributed by atoms with Crippen LogP contribution in [0.2, 0.25) is 0 Å². The second kappa shape index (κ2) is 13.9. The third-order valence-electron chi connectivity index (χ3n) is 9.17. The molecule has 234 valence electrons. The molecule has 2 aliphatic heterocycles. The Hall–Kier alpha value is -3.44. The maximum atomic E-state index is 13.3. The Kier molecular flexibility index (Phi) is 10.0.